The highest BCUT2D eigenvalue weighted by Gasteiger charge is 2.23. The van der Waals surface area contributed by atoms with Crippen molar-refractivity contribution >= 4 is 45.8 Å². The number of rotatable bonds is 1. The Hall–Kier alpha value is -0.870. The lowest BCUT2D eigenvalue weighted by Gasteiger charge is -2.18. The molecule has 0 unspecified atom stereocenters. The molecule has 1 N–H and O–H groups in total. The Balaban J connectivity index is 3.16. The van der Waals surface area contributed by atoms with E-state index in [1.807, 2.05) is 28.7 Å². The number of carbonyl (C=O) groups is 1. The lowest BCUT2D eigenvalue weighted by Crippen LogP contribution is -2.28. The Labute approximate surface area is 119 Å². The summed E-state index contributed by atoms with van der Waals surface area (Å²) < 4.78 is 0.609. The number of nitriles is 1. The van der Waals surface area contributed by atoms with Crippen molar-refractivity contribution in [2.24, 2.45) is 5.41 Å². The van der Waals surface area contributed by atoms with E-state index in [4.69, 9.17) is 16.9 Å². The van der Waals surface area contributed by atoms with E-state index in [0.717, 1.165) is 0 Å². The van der Waals surface area contributed by atoms with Crippen LogP contribution in [0, 0.1) is 20.4 Å². The maximum Gasteiger partial charge on any atom is 0.229 e. The molecule has 90 valence electrons. The number of carbonyl (C=O) groups excluding carboxylic acids is 1. The van der Waals surface area contributed by atoms with E-state index in [2.05, 4.69) is 10.3 Å². The molecule has 0 aliphatic heterocycles. The topological polar surface area (TPSA) is 65.8 Å². The van der Waals surface area contributed by atoms with Crippen molar-refractivity contribution in [3.8, 4) is 6.07 Å². The monoisotopic (exact) mass is 363 g/mol. The van der Waals surface area contributed by atoms with Gasteiger partial charge in [0.15, 0.2) is 5.15 Å². The third kappa shape index (κ3) is 3.54. The van der Waals surface area contributed by atoms with Crippen LogP contribution in [0.1, 0.15) is 26.3 Å². The molecule has 0 aromatic carbocycles. The van der Waals surface area contributed by atoms with Crippen molar-refractivity contribution < 1.29 is 4.79 Å². The number of amides is 1. The number of hydrogen-bond acceptors (Lipinski definition) is 3. The van der Waals surface area contributed by atoms with Crippen molar-refractivity contribution in [2.45, 2.75) is 20.8 Å². The van der Waals surface area contributed by atoms with Gasteiger partial charge in [0.2, 0.25) is 5.91 Å². The number of halogens is 2. The molecule has 0 saturated carbocycles. The van der Waals surface area contributed by atoms with E-state index in [1.54, 1.807) is 26.8 Å². The summed E-state index contributed by atoms with van der Waals surface area (Å²) in [5.74, 6) is -0.209. The Kier molecular flexibility index (Phi) is 4.33. The second-order valence-electron chi connectivity index (χ2n) is 4.47. The molecule has 0 saturated heterocycles. The third-order valence-corrected chi connectivity index (χ3v) is 2.81. The summed E-state index contributed by atoms with van der Waals surface area (Å²) in [5.41, 5.74) is 0.0282. The van der Waals surface area contributed by atoms with Crippen molar-refractivity contribution in [1.82, 2.24) is 4.98 Å². The molecule has 1 aromatic heterocycles. The van der Waals surface area contributed by atoms with Gasteiger partial charge in [0.1, 0.15) is 9.77 Å². The van der Waals surface area contributed by atoms with Gasteiger partial charge in [-0.3, -0.25) is 4.79 Å². The molecule has 1 heterocycles. The first-order chi connectivity index (χ1) is 7.75. The molecule has 17 heavy (non-hydrogen) atoms. The molecule has 1 aromatic rings. The molecule has 4 nitrogen and oxygen atoms in total. The zero-order chi connectivity index (χ0) is 13.2. The summed E-state index contributed by atoms with van der Waals surface area (Å²) in [7, 11) is 0. The normalized spacial score (nSPS) is 10.8. The van der Waals surface area contributed by atoms with Gasteiger partial charge < -0.3 is 5.32 Å². The highest BCUT2D eigenvalue weighted by Crippen LogP contribution is 2.27. The maximum absolute atomic E-state index is 11.8. The van der Waals surface area contributed by atoms with Gasteiger partial charge in [-0.05, 0) is 28.7 Å². The molecule has 0 radical (unpaired) electrons. The van der Waals surface area contributed by atoms with Crippen LogP contribution in [-0.4, -0.2) is 10.9 Å². The maximum atomic E-state index is 11.8. The summed E-state index contributed by atoms with van der Waals surface area (Å²) in [4.78, 5) is 15.8. The highest BCUT2D eigenvalue weighted by atomic mass is 127. The molecule has 1 rings (SSSR count). The summed E-state index contributed by atoms with van der Waals surface area (Å²) in [6.45, 7) is 5.34. The standard InChI is InChI=1S/C11H11ClIN3O/c1-11(2,3)10(17)16-8-6(5-14)4-7(13)15-9(8)12/h4H,1-3H3,(H,16,17). The fourth-order valence-electron chi connectivity index (χ4n) is 0.992. The Morgan fingerprint density at radius 1 is 1.59 bits per heavy atom. The van der Waals surface area contributed by atoms with Crippen LogP contribution >= 0.6 is 34.2 Å². The van der Waals surface area contributed by atoms with Crippen molar-refractivity contribution in [1.29, 1.82) is 5.26 Å². The zero-order valence-electron chi connectivity index (χ0n) is 9.64. The number of nitrogens with one attached hydrogen (secondary N) is 1. The van der Waals surface area contributed by atoms with Crippen LogP contribution in [-0.2, 0) is 4.79 Å². The van der Waals surface area contributed by atoms with Crippen LogP contribution in [0.2, 0.25) is 5.15 Å². The second kappa shape index (κ2) is 5.19. The predicted octanol–water partition coefficient (Wildman–Crippen LogP) is 3.20. The second-order valence-corrected chi connectivity index (χ2v) is 5.94. The fourth-order valence-corrected chi connectivity index (χ4v) is 1.93. The number of hydrogen-bond donors (Lipinski definition) is 1. The molecule has 0 bridgehead atoms. The third-order valence-electron chi connectivity index (χ3n) is 1.98. The van der Waals surface area contributed by atoms with Gasteiger partial charge in [0, 0.05) is 5.41 Å². The van der Waals surface area contributed by atoms with Crippen LogP contribution < -0.4 is 5.32 Å². The molecule has 0 aliphatic rings. The molecular weight excluding hydrogens is 352 g/mol. The van der Waals surface area contributed by atoms with Crippen LogP contribution in [0.25, 0.3) is 0 Å². The molecule has 0 fully saturated rings. The smallest absolute Gasteiger partial charge is 0.229 e. The largest absolute Gasteiger partial charge is 0.322 e. The van der Waals surface area contributed by atoms with Crippen LogP contribution in [0.15, 0.2) is 6.07 Å². The quantitative estimate of drug-likeness (QED) is 0.615. The minimum Gasteiger partial charge on any atom is -0.322 e. The Morgan fingerprint density at radius 2 is 2.18 bits per heavy atom. The molecule has 6 heteroatoms. The van der Waals surface area contributed by atoms with Crippen LogP contribution in [0.4, 0.5) is 5.69 Å². The molecule has 1 amide bonds. The number of aromatic nitrogens is 1. The van der Waals surface area contributed by atoms with Gasteiger partial charge >= 0.3 is 0 Å². The summed E-state index contributed by atoms with van der Waals surface area (Å²) >= 11 is 7.89. The zero-order valence-corrected chi connectivity index (χ0v) is 12.5. The SMILES string of the molecule is CC(C)(C)C(=O)Nc1c(C#N)cc(I)nc1Cl. The summed E-state index contributed by atoms with van der Waals surface area (Å²) in [6.07, 6.45) is 0. The Morgan fingerprint density at radius 3 is 2.65 bits per heavy atom. The first kappa shape index (κ1) is 14.2. The van der Waals surface area contributed by atoms with E-state index in [9.17, 15) is 4.79 Å². The molecule has 0 aliphatic carbocycles. The van der Waals surface area contributed by atoms with Gasteiger partial charge in [0.25, 0.3) is 0 Å². The van der Waals surface area contributed by atoms with Crippen molar-refractivity contribution in [3.63, 3.8) is 0 Å². The van der Waals surface area contributed by atoms with E-state index in [0.29, 0.717) is 9.26 Å². The van der Waals surface area contributed by atoms with Crippen molar-refractivity contribution in [2.75, 3.05) is 5.32 Å². The summed E-state index contributed by atoms with van der Waals surface area (Å²) in [5, 5.41) is 11.8. The van der Waals surface area contributed by atoms with E-state index in [-0.39, 0.29) is 16.7 Å². The molecule has 0 atom stereocenters. The van der Waals surface area contributed by atoms with E-state index < -0.39 is 5.41 Å². The average molecular weight is 364 g/mol. The summed E-state index contributed by atoms with van der Waals surface area (Å²) in [6, 6.07) is 3.56. The predicted molar refractivity (Wildman–Crippen MR) is 74.8 cm³/mol. The lowest BCUT2D eigenvalue weighted by molar-refractivity contribution is -0.123. The van der Waals surface area contributed by atoms with Gasteiger partial charge in [-0.2, -0.15) is 5.26 Å². The lowest BCUT2D eigenvalue weighted by atomic mass is 9.95. The average Bonchev–Trinajstić information content (AvgIpc) is 2.19. The number of pyridine rings is 1. The van der Waals surface area contributed by atoms with Crippen LogP contribution in [0.3, 0.4) is 0 Å². The van der Waals surface area contributed by atoms with Crippen LogP contribution in [0.5, 0.6) is 0 Å². The fraction of sp³-hybridized carbons (Fsp3) is 0.364. The first-order valence-corrected chi connectivity index (χ1v) is 6.29. The van der Waals surface area contributed by atoms with E-state index >= 15 is 0 Å². The number of anilines is 1. The van der Waals surface area contributed by atoms with Gasteiger partial charge in [-0.25, -0.2) is 4.98 Å². The minimum atomic E-state index is -0.556. The van der Waals surface area contributed by atoms with E-state index in [1.165, 1.54) is 0 Å². The number of nitrogens with zero attached hydrogens (tertiary/aromatic N) is 2. The van der Waals surface area contributed by atoms with Crippen molar-refractivity contribution in [3.05, 3.63) is 20.5 Å². The first-order valence-electron chi connectivity index (χ1n) is 4.83. The molecule has 0 spiro atoms. The Bertz CT molecular complexity index is 503. The minimum absolute atomic E-state index is 0.131. The van der Waals surface area contributed by atoms with Gasteiger partial charge in [-0.1, -0.05) is 32.4 Å². The van der Waals surface area contributed by atoms with Gasteiger partial charge in [-0.15, -0.1) is 0 Å². The molecular formula is C11H11ClIN3O. The highest BCUT2D eigenvalue weighted by molar-refractivity contribution is 14.1. The van der Waals surface area contributed by atoms with Gasteiger partial charge in [0.05, 0.1) is 11.3 Å².